The van der Waals surface area contributed by atoms with Gasteiger partial charge in [-0.3, -0.25) is 14.5 Å². The first kappa shape index (κ1) is 12.8. The summed E-state index contributed by atoms with van der Waals surface area (Å²) in [6.45, 7) is 7.05. The van der Waals surface area contributed by atoms with Crippen molar-refractivity contribution < 1.29 is 14.7 Å². The van der Waals surface area contributed by atoms with Crippen molar-refractivity contribution in [3.8, 4) is 0 Å². The number of hydrogen-bond acceptors (Lipinski definition) is 3. The highest BCUT2D eigenvalue weighted by molar-refractivity contribution is 6.52. The third-order valence-electron chi connectivity index (χ3n) is 3.57. The fourth-order valence-electron chi connectivity index (χ4n) is 2.32. The lowest BCUT2D eigenvalue weighted by atomic mass is 10.0. The normalized spacial score (nSPS) is 17.9. The Kier molecular flexibility index (Phi) is 2.99. The van der Waals surface area contributed by atoms with E-state index >= 15 is 0 Å². The van der Waals surface area contributed by atoms with Crippen molar-refractivity contribution >= 4 is 17.4 Å². The molecule has 0 saturated carbocycles. The molecule has 4 nitrogen and oxygen atoms in total. The van der Waals surface area contributed by atoms with Gasteiger partial charge in [0.15, 0.2) is 0 Å². The maximum absolute atomic E-state index is 12.1. The van der Waals surface area contributed by atoms with Crippen LogP contribution in [0.15, 0.2) is 12.1 Å². The summed E-state index contributed by atoms with van der Waals surface area (Å²) in [6, 6.07) is 3.32. The summed E-state index contributed by atoms with van der Waals surface area (Å²) in [5, 5.41) is 9.67. The molecule has 2 atom stereocenters. The zero-order valence-corrected chi connectivity index (χ0v) is 11.0. The highest BCUT2D eigenvalue weighted by Gasteiger charge is 2.41. The first-order chi connectivity index (χ1) is 8.36. The summed E-state index contributed by atoms with van der Waals surface area (Å²) < 4.78 is 0. The fourth-order valence-corrected chi connectivity index (χ4v) is 2.32. The first-order valence-electron chi connectivity index (χ1n) is 6.02. The van der Waals surface area contributed by atoms with E-state index in [9.17, 15) is 14.7 Å². The summed E-state index contributed by atoms with van der Waals surface area (Å²) in [6.07, 6.45) is -0.687. The van der Waals surface area contributed by atoms with Crippen LogP contribution < -0.4 is 4.90 Å². The van der Waals surface area contributed by atoms with Crippen LogP contribution in [0.2, 0.25) is 0 Å². The van der Waals surface area contributed by atoms with Gasteiger partial charge < -0.3 is 5.11 Å². The minimum Gasteiger partial charge on any atom is -0.391 e. The molecule has 1 aliphatic heterocycles. The number of Topliss-reactive ketones (excluding diaryl/α,β-unsaturated/α-hetero) is 1. The van der Waals surface area contributed by atoms with Gasteiger partial charge in [-0.25, -0.2) is 0 Å². The summed E-state index contributed by atoms with van der Waals surface area (Å²) in [4.78, 5) is 25.5. The highest BCUT2D eigenvalue weighted by atomic mass is 16.3. The Morgan fingerprint density at radius 2 is 1.67 bits per heavy atom. The Hall–Kier alpha value is -1.68. The number of aliphatic hydroxyl groups is 1. The number of fused-ring (bicyclic) bond motifs is 1. The van der Waals surface area contributed by atoms with Crippen molar-refractivity contribution in [2.75, 3.05) is 4.90 Å². The number of carbonyl (C=O) groups is 2. The lowest BCUT2D eigenvalue weighted by Crippen LogP contribution is -2.43. The average molecular weight is 247 g/mol. The van der Waals surface area contributed by atoms with E-state index in [2.05, 4.69) is 0 Å². The molecule has 18 heavy (non-hydrogen) atoms. The molecule has 0 fully saturated rings. The van der Waals surface area contributed by atoms with Crippen molar-refractivity contribution in [3.05, 3.63) is 28.8 Å². The number of aliphatic hydroxyl groups excluding tert-OH is 1. The van der Waals surface area contributed by atoms with Crippen LogP contribution >= 0.6 is 0 Å². The van der Waals surface area contributed by atoms with Crippen LogP contribution in [-0.4, -0.2) is 28.9 Å². The second kappa shape index (κ2) is 4.21. The van der Waals surface area contributed by atoms with E-state index < -0.39 is 23.8 Å². The Morgan fingerprint density at radius 3 is 2.22 bits per heavy atom. The zero-order chi connectivity index (χ0) is 13.6. The van der Waals surface area contributed by atoms with E-state index in [0.717, 1.165) is 11.1 Å². The van der Waals surface area contributed by atoms with Crippen LogP contribution in [0.3, 0.4) is 0 Å². The number of rotatable bonds is 2. The summed E-state index contributed by atoms with van der Waals surface area (Å²) in [7, 11) is 0. The summed E-state index contributed by atoms with van der Waals surface area (Å²) in [5.41, 5.74) is 2.81. The van der Waals surface area contributed by atoms with Crippen LogP contribution in [0.1, 0.15) is 35.3 Å². The molecule has 96 valence electrons. The lowest BCUT2D eigenvalue weighted by Gasteiger charge is -2.28. The van der Waals surface area contributed by atoms with E-state index in [1.54, 1.807) is 13.8 Å². The van der Waals surface area contributed by atoms with Crippen molar-refractivity contribution in [1.29, 1.82) is 0 Å². The third kappa shape index (κ3) is 1.64. The van der Waals surface area contributed by atoms with E-state index in [1.165, 1.54) is 4.90 Å². The molecule has 1 aliphatic rings. The molecule has 1 amide bonds. The highest BCUT2D eigenvalue weighted by Crippen LogP contribution is 2.36. The van der Waals surface area contributed by atoms with Crippen LogP contribution in [0.5, 0.6) is 0 Å². The number of carbonyl (C=O) groups excluding carboxylic acids is 2. The standard InChI is InChI=1S/C14H17NO3/c1-7-5-6-8(2)12-11(7)13(17)14(18)15(12)9(3)10(4)16/h5-6,9-10,16H,1-4H3. The van der Waals surface area contributed by atoms with Gasteiger partial charge in [-0.2, -0.15) is 0 Å². The first-order valence-corrected chi connectivity index (χ1v) is 6.02. The van der Waals surface area contributed by atoms with Gasteiger partial charge in [0, 0.05) is 0 Å². The molecule has 2 unspecified atom stereocenters. The quantitative estimate of drug-likeness (QED) is 0.808. The van der Waals surface area contributed by atoms with Gasteiger partial charge in [-0.1, -0.05) is 12.1 Å². The number of amides is 1. The van der Waals surface area contributed by atoms with Gasteiger partial charge in [0.05, 0.1) is 23.4 Å². The average Bonchev–Trinajstić information content (AvgIpc) is 2.58. The van der Waals surface area contributed by atoms with Gasteiger partial charge in [0.2, 0.25) is 0 Å². The minimum absolute atomic E-state index is 0.414. The molecule has 0 aliphatic carbocycles. The van der Waals surface area contributed by atoms with E-state index in [0.29, 0.717) is 11.3 Å². The largest absolute Gasteiger partial charge is 0.391 e. The summed E-state index contributed by atoms with van der Waals surface area (Å²) in [5.74, 6) is -1.02. The molecule has 0 radical (unpaired) electrons. The van der Waals surface area contributed by atoms with Gasteiger partial charge in [0.1, 0.15) is 0 Å². The van der Waals surface area contributed by atoms with Crippen molar-refractivity contribution in [1.82, 2.24) is 0 Å². The Morgan fingerprint density at radius 1 is 1.11 bits per heavy atom. The van der Waals surface area contributed by atoms with Crippen LogP contribution in [0.4, 0.5) is 5.69 Å². The van der Waals surface area contributed by atoms with E-state index in [1.807, 2.05) is 26.0 Å². The van der Waals surface area contributed by atoms with Gasteiger partial charge in [-0.15, -0.1) is 0 Å². The summed E-state index contributed by atoms with van der Waals surface area (Å²) >= 11 is 0. The molecule has 0 spiro atoms. The molecule has 0 aromatic heterocycles. The number of nitrogens with zero attached hydrogens (tertiary/aromatic N) is 1. The molecule has 1 aromatic rings. The van der Waals surface area contributed by atoms with Crippen LogP contribution in [-0.2, 0) is 4.79 Å². The molecule has 1 heterocycles. The van der Waals surface area contributed by atoms with Crippen molar-refractivity contribution in [3.63, 3.8) is 0 Å². The smallest absolute Gasteiger partial charge is 0.299 e. The number of anilines is 1. The van der Waals surface area contributed by atoms with Crippen LogP contribution in [0.25, 0.3) is 0 Å². The molecule has 0 saturated heterocycles. The Labute approximate surface area is 106 Å². The monoisotopic (exact) mass is 247 g/mol. The van der Waals surface area contributed by atoms with Gasteiger partial charge in [-0.05, 0) is 38.8 Å². The molecular formula is C14H17NO3. The second-order valence-electron chi connectivity index (χ2n) is 4.91. The predicted molar refractivity (Wildman–Crippen MR) is 68.9 cm³/mol. The molecule has 1 aromatic carbocycles. The molecule has 4 heteroatoms. The Balaban J connectivity index is 2.65. The minimum atomic E-state index is -0.687. The molecule has 2 rings (SSSR count). The van der Waals surface area contributed by atoms with Gasteiger partial charge in [0.25, 0.3) is 11.7 Å². The number of benzene rings is 1. The number of ketones is 1. The topological polar surface area (TPSA) is 57.6 Å². The molecule has 1 N–H and O–H groups in total. The Bertz CT molecular complexity index is 534. The molecule has 0 bridgehead atoms. The lowest BCUT2D eigenvalue weighted by molar-refractivity contribution is -0.115. The van der Waals surface area contributed by atoms with Gasteiger partial charge >= 0.3 is 0 Å². The maximum atomic E-state index is 12.1. The number of hydrogen-bond donors (Lipinski definition) is 1. The molecular weight excluding hydrogens is 230 g/mol. The predicted octanol–water partition coefficient (Wildman–Crippen LogP) is 1.60. The SMILES string of the molecule is Cc1ccc(C)c2c1C(=O)C(=O)N2C(C)C(C)O. The van der Waals surface area contributed by atoms with E-state index in [-0.39, 0.29) is 0 Å². The second-order valence-corrected chi connectivity index (χ2v) is 4.91. The maximum Gasteiger partial charge on any atom is 0.299 e. The third-order valence-corrected chi connectivity index (χ3v) is 3.57. The fraction of sp³-hybridized carbons (Fsp3) is 0.429. The van der Waals surface area contributed by atoms with Crippen molar-refractivity contribution in [2.24, 2.45) is 0 Å². The van der Waals surface area contributed by atoms with E-state index in [4.69, 9.17) is 0 Å². The van der Waals surface area contributed by atoms with Crippen LogP contribution in [0, 0.1) is 13.8 Å². The van der Waals surface area contributed by atoms with Crippen molar-refractivity contribution in [2.45, 2.75) is 39.8 Å². The number of aryl methyl sites for hydroxylation is 2. The zero-order valence-electron chi connectivity index (χ0n) is 11.0.